The summed E-state index contributed by atoms with van der Waals surface area (Å²) < 4.78 is 8.66. The quantitative estimate of drug-likeness (QED) is 0.855. The molecule has 0 bridgehead atoms. The number of nitrogens with zero attached hydrogens (tertiary/aromatic N) is 2. The topological polar surface area (TPSA) is 39.1 Å². The number of methoxy groups -OCH3 is 1. The van der Waals surface area contributed by atoms with Crippen LogP contribution in [0.15, 0.2) is 16.0 Å². The SMILES string of the molecule is CCNC(c1cc(C)c(Br)s1)c1c(OC)cnn1CC. The van der Waals surface area contributed by atoms with Gasteiger partial charge in [0.05, 0.1) is 23.1 Å². The van der Waals surface area contributed by atoms with Crippen molar-refractivity contribution in [2.45, 2.75) is 33.4 Å². The zero-order chi connectivity index (χ0) is 14.7. The highest BCUT2D eigenvalue weighted by Gasteiger charge is 2.24. The molecule has 2 aromatic heterocycles. The Bertz CT molecular complexity index is 538. The summed E-state index contributed by atoms with van der Waals surface area (Å²) in [4.78, 5) is 1.27. The summed E-state index contributed by atoms with van der Waals surface area (Å²) in [5.74, 6) is 0.833. The summed E-state index contributed by atoms with van der Waals surface area (Å²) >= 11 is 5.36. The first-order valence-corrected chi connectivity index (χ1v) is 8.32. The molecule has 0 aliphatic carbocycles. The first-order valence-electron chi connectivity index (χ1n) is 6.71. The average Bonchev–Trinajstić information content (AvgIpc) is 3.00. The van der Waals surface area contributed by atoms with Crippen molar-refractivity contribution in [3.63, 3.8) is 0 Å². The molecule has 1 unspecified atom stereocenters. The molecule has 6 heteroatoms. The Hall–Kier alpha value is -0.850. The van der Waals surface area contributed by atoms with Crippen LogP contribution in [0.25, 0.3) is 0 Å². The van der Waals surface area contributed by atoms with Gasteiger partial charge in [-0.15, -0.1) is 11.3 Å². The van der Waals surface area contributed by atoms with Crippen molar-refractivity contribution < 1.29 is 4.74 Å². The number of thiophene rings is 1. The predicted octanol–water partition coefficient (Wildman–Crippen LogP) is 3.74. The van der Waals surface area contributed by atoms with E-state index in [1.165, 1.54) is 14.2 Å². The molecule has 0 fully saturated rings. The molecule has 0 aromatic carbocycles. The summed E-state index contributed by atoms with van der Waals surface area (Å²) in [6.45, 7) is 8.03. The van der Waals surface area contributed by atoms with Crippen molar-refractivity contribution in [2.24, 2.45) is 0 Å². The van der Waals surface area contributed by atoms with E-state index >= 15 is 0 Å². The smallest absolute Gasteiger partial charge is 0.161 e. The third-order valence-electron chi connectivity index (χ3n) is 3.21. The van der Waals surface area contributed by atoms with E-state index in [0.29, 0.717) is 0 Å². The van der Waals surface area contributed by atoms with Gasteiger partial charge in [0.2, 0.25) is 0 Å². The molecule has 4 nitrogen and oxygen atoms in total. The van der Waals surface area contributed by atoms with Gasteiger partial charge >= 0.3 is 0 Å². The summed E-state index contributed by atoms with van der Waals surface area (Å²) in [6, 6.07) is 2.32. The molecule has 20 heavy (non-hydrogen) atoms. The molecule has 0 amide bonds. The van der Waals surface area contributed by atoms with Crippen LogP contribution in [0, 0.1) is 6.92 Å². The van der Waals surface area contributed by atoms with E-state index in [2.05, 4.69) is 53.2 Å². The first-order chi connectivity index (χ1) is 9.62. The summed E-state index contributed by atoms with van der Waals surface area (Å²) in [5.41, 5.74) is 2.35. The average molecular weight is 358 g/mol. The van der Waals surface area contributed by atoms with E-state index in [0.717, 1.165) is 24.5 Å². The number of ether oxygens (including phenoxy) is 1. The van der Waals surface area contributed by atoms with Crippen LogP contribution in [0.4, 0.5) is 0 Å². The Kier molecular flexibility index (Phi) is 5.23. The lowest BCUT2D eigenvalue weighted by molar-refractivity contribution is 0.400. The van der Waals surface area contributed by atoms with Crippen LogP contribution in [-0.4, -0.2) is 23.4 Å². The number of hydrogen-bond donors (Lipinski definition) is 1. The van der Waals surface area contributed by atoms with E-state index in [1.54, 1.807) is 24.6 Å². The van der Waals surface area contributed by atoms with Crippen molar-refractivity contribution in [1.82, 2.24) is 15.1 Å². The molecule has 0 aliphatic rings. The Labute approximate surface area is 132 Å². The van der Waals surface area contributed by atoms with E-state index in [-0.39, 0.29) is 6.04 Å². The number of rotatable bonds is 6. The van der Waals surface area contributed by atoms with E-state index in [4.69, 9.17) is 4.74 Å². The Morgan fingerprint density at radius 3 is 2.75 bits per heavy atom. The Morgan fingerprint density at radius 2 is 2.25 bits per heavy atom. The molecule has 0 spiro atoms. The molecule has 2 aromatic rings. The highest BCUT2D eigenvalue weighted by molar-refractivity contribution is 9.11. The highest BCUT2D eigenvalue weighted by Crippen LogP contribution is 2.37. The van der Waals surface area contributed by atoms with Crippen LogP contribution in [-0.2, 0) is 6.54 Å². The number of aromatic nitrogens is 2. The second kappa shape index (κ2) is 6.74. The molecule has 1 N–H and O–H groups in total. The zero-order valence-corrected chi connectivity index (χ0v) is 14.6. The van der Waals surface area contributed by atoms with E-state index < -0.39 is 0 Å². The summed E-state index contributed by atoms with van der Waals surface area (Å²) in [6.07, 6.45) is 1.79. The van der Waals surface area contributed by atoms with Gasteiger partial charge in [-0.05, 0) is 48.0 Å². The van der Waals surface area contributed by atoms with E-state index in [9.17, 15) is 0 Å². The van der Waals surface area contributed by atoms with Crippen LogP contribution in [0.5, 0.6) is 5.75 Å². The van der Waals surface area contributed by atoms with Gasteiger partial charge < -0.3 is 10.1 Å². The van der Waals surface area contributed by atoms with Crippen LogP contribution in [0.2, 0.25) is 0 Å². The molecule has 2 heterocycles. The van der Waals surface area contributed by atoms with E-state index in [1.807, 2.05) is 4.68 Å². The normalized spacial score (nSPS) is 12.7. The number of nitrogens with one attached hydrogen (secondary N) is 1. The van der Waals surface area contributed by atoms with Gasteiger partial charge in [0, 0.05) is 11.4 Å². The predicted molar refractivity (Wildman–Crippen MR) is 86.7 cm³/mol. The van der Waals surface area contributed by atoms with Gasteiger partial charge in [0.15, 0.2) is 5.75 Å². The maximum absolute atomic E-state index is 5.48. The van der Waals surface area contributed by atoms with Crippen LogP contribution in [0.1, 0.15) is 36.0 Å². The third-order valence-corrected chi connectivity index (χ3v) is 5.41. The molecule has 0 radical (unpaired) electrons. The second-order valence-corrected chi connectivity index (χ2v) is 6.91. The number of hydrogen-bond acceptors (Lipinski definition) is 4. The maximum atomic E-state index is 5.48. The second-order valence-electron chi connectivity index (χ2n) is 4.51. The summed E-state index contributed by atoms with van der Waals surface area (Å²) in [7, 11) is 1.69. The first kappa shape index (κ1) is 15.5. The van der Waals surface area contributed by atoms with Gasteiger partial charge in [0.1, 0.15) is 5.69 Å². The lowest BCUT2D eigenvalue weighted by Gasteiger charge is -2.19. The molecule has 0 saturated heterocycles. The zero-order valence-electron chi connectivity index (χ0n) is 12.2. The fourth-order valence-corrected chi connectivity index (χ4v) is 3.89. The lowest BCUT2D eigenvalue weighted by Crippen LogP contribution is -2.24. The molecule has 1 atom stereocenters. The molecule has 0 aliphatic heterocycles. The number of aryl methyl sites for hydroxylation is 2. The minimum absolute atomic E-state index is 0.104. The largest absolute Gasteiger partial charge is 0.493 e. The number of halogens is 1. The molecule has 2 rings (SSSR count). The van der Waals surface area contributed by atoms with Gasteiger partial charge in [-0.3, -0.25) is 4.68 Å². The van der Waals surface area contributed by atoms with Gasteiger partial charge in [0.25, 0.3) is 0 Å². The van der Waals surface area contributed by atoms with Crippen molar-refractivity contribution >= 4 is 27.3 Å². The fraction of sp³-hybridized carbons (Fsp3) is 0.500. The van der Waals surface area contributed by atoms with Crippen LogP contribution in [0.3, 0.4) is 0 Å². The fourth-order valence-electron chi connectivity index (χ4n) is 2.24. The van der Waals surface area contributed by atoms with Crippen molar-refractivity contribution in [1.29, 1.82) is 0 Å². The van der Waals surface area contributed by atoms with Crippen molar-refractivity contribution in [3.8, 4) is 5.75 Å². The van der Waals surface area contributed by atoms with Crippen molar-refractivity contribution in [3.05, 3.63) is 32.2 Å². The monoisotopic (exact) mass is 357 g/mol. The minimum Gasteiger partial charge on any atom is -0.493 e. The molecular formula is C14H20BrN3OS. The lowest BCUT2D eigenvalue weighted by atomic mass is 10.1. The Balaban J connectivity index is 2.50. The van der Waals surface area contributed by atoms with Crippen LogP contribution < -0.4 is 10.1 Å². The van der Waals surface area contributed by atoms with Gasteiger partial charge in [-0.1, -0.05) is 6.92 Å². The third kappa shape index (κ3) is 2.92. The molecule has 110 valence electrons. The van der Waals surface area contributed by atoms with Gasteiger partial charge in [-0.2, -0.15) is 5.10 Å². The maximum Gasteiger partial charge on any atom is 0.161 e. The Morgan fingerprint density at radius 1 is 1.50 bits per heavy atom. The summed E-state index contributed by atoms with van der Waals surface area (Å²) in [5, 5.41) is 7.95. The standard InChI is InChI=1S/C14H20BrN3OS/c1-5-16-12(11-7-9(3)14(15)20-11)13-10(19-4)8-17-18(13)6-2/h7-8,12,16H,5-6H2,1-4H3. The van der Waals surface area contributed by atoms with Crippen molar-refractivity contribution in [2.75, 3.05) is 13.7 Å². The molecular weight excluding hydrogens is 338 g/mol. The van der Waals surface area contributed by atoms with Gasteiger partial charge in [-0.25, -0.2) is 0 Å². The minimum atomic E-state index is 0.104. The molecule has 0 saturated carbocycles. The van der Waals surface area contributed by atoms with Crippen LogP contribution >= 0.6 is 27.3 Å². The highest BCUT2D eigenvalue weighted by atomic mass is 79.9.